The van der Waals surface area contributed by atoms with Gasteiger partial charge in [0, 0.05) is 6.54 Å². The number of ether oxygens (including phenoxy) is 3. The van der Waals surface area contributed by atoms with Gasteiger partial charge >= 0.3 is 0 Å². The number of nitrogens with two attached hydrogens (primary N) is 1. The fraction of sp³-hybridized carbons (Fsp3) is 0.690. The molecule has 9 nitrogen and oxygen atoms in total. The van der Waals surface area contributed by atoms with E-state index in [1.165, 1.54) is 0 Å². The van der Waals surface area contributed by atoms with Gasteiger partial charge in [-0.25, -0.2) is 0 Å². The van der Waals surface area contributed by atoms with Crippen molar-refractivity contribution in [3.8, 4) is 17.2 Å². The average Bonchev–Trinajstić information content (AvgIpc) is 3.43. The lowest BCUT2D eigenvalue weighted by Crippen LogP contribution is -2.61. The third-order valence-electron chi connectivity index (χ3n) is 8.81. The van der Waals surface area contributed by atoms with E-state index in [2.05, 4.69) is 5.32 Å². The van der Waals surface area contributed by atoms with Gasteiger partial charge in [-0.15, -0.1) is 0 Å². The Labute approximate surface area is 225 Å². The average molecular weight is 530 g/mol. The van der Waals surface area contributed by atoms with E-state index in [1.807, 2.05) is 12.1 Å². The van der Waals surface area contributed by atoms with E-state index in [9.17, 15) is 14.4 Å². The summed E-state index contributed by atoms with van der Waals surface area (Å²) in [5.41, 5.74) is 5.54. The van der Waals surface area contributed by atoms with E-state index in [4.69, 9.17) is 19.9 Å². The molecule has 4 rings (SSSR count). The highest BCUT2D eigenvalue weighted by Crippen LogP contribution is 2.45. The van der Waals surface area contributed by atoms with Crippen LogP contribution in [0.2, 0.25) is 0 Å². The van der Waals surface area contributed by atoms with Gasteiger partial charge < -0.3 is 30.2 Å². The zero-order chi connectivity index (χ0) is 27.3. The van der Waals surface area contributed by atoms with Gasteiger partial charge in [0.05, 0.1) is 27.2 Å². The second kappa shape index (κ2) is 12.3. The van der Waals surface area contributed by atoms with E-state index in [1.54, 1.807) is 26.2 Å². The highest BCUT2D eigenvalue weighted by Gasteiger charge is 2.45. The molecule has 2 saturated carbocycles. The van der Waals surface area contributed by atoms with Crippen LogP contribution in [-0.4, -0.2) is 62.1 Å². The Morgan fingerprint density at radius 1 is 0.895 bits per heavy atom. The van der Waals surface area contributed by atoms with E-state index in [0.717, 1.165) is 63.4 Å². The number of likely N-dealkylation sites (tertiary alicyclic amines) is 1. The lowest BCUT2D eigenvalue weighted by atomic mass is 9.75. The van der Waals surface area contributed by atoms with Crippen LogP contribution in [-0.2, 0) is 14.4 Å². The molecular weight excluding hydrogens is 486 g/mol. The summed E-state index contributed by atoms with van der Waals surface area (Å²) >= 11 is 0. The van der Waals surface area contributed by atoms with Crippen molar-refractivity contribution in [1.82, 2.24) is 10.2 Å². The summed E-state index contributed by atoms with van der Waals surface area (Å²) in [7, 11) is 4.70. The Kier molecular flexibility index (Phi) is 9.05. The molecule has 3 N–H and O–H groups in total. The first-order chi connectivity index (χ1) is 18.3. The summed E-state index contributed by atoms with van der Waals surface area (Å²) in [4.78, 5) is 42.2. The molecule has 3 fully saturated rings. The molecular formula is C29H43N3O6. The number of nitrogens with one attached hydrogen (secondary N) is 1. The van der Waals surface area contributed by atoms with Gasteiger partial charge in [-0.05, 0) is 68.6 Å². The van der Waals surface area contributed by atoms with Crippen molar-refractivity contribution in [2.45, 2.75) is 94.5 Å². The number of primary amides is 1. The Hall–Kier alpha value is -2.97. The van der Waals surface area contributed by atoms with E-state index in [0.29, 0.717) is 43.1 Å². The molecule has 1 aromatic rings. The van der Waals surface area contributed by atoms with Crippen molar-refractivity contribution >= 4 is 17.7 Å². The lowest BCUT2D eigenvalue weighted by Gasteiger charge is -2.41. The first-order valence-electron chi connectivity index (χ1n) is 14.1. The molecule has 210 valence electrons. The number of benzene rings is 1. The summed E-state index contributed by atoms with van der Waals surface area (Å²) < 4.78 is 16.7. The van der Waals surface area contributed by atoms with Crippen LogP contribution in [0, 0.1) is 5.92 Å². The normalized spacial score (nSPS) is 22.4. The monoisotopic (exact) mass is 529 g/mol. The standard InChI is InChI=1S/C29H43N3O6/c1-36-22-17-20(18-23(37-2)25(22)38-3)24(19-11-5-4-6-12-19)27(34)32-16-10-7-13-21(32)26(33)31-29(28(30)35)14-8-9-15-29/h17-19,21,24H,4-16H2,1-3H3,(H2,30,35)(H,31,33)/t21-,24?/m0/s1. The van der Waals surface area contributed by atoms with Crippen LogP contribution in [0.3, 0.4) is 0 Å². The fourth-order valence-corrected chi connectivity index (χ4v) is 6.74. The molecule has 0 aromatic heterocycles. The number of amides is 3. The Morgan fingerprint density at radius 3 is 2.05 bits per heavy atom. The number of piperidine rings is 1. The molecule has 2 aliphatic carbocycles. The SMILES string of the molecule is COc1cc(C(C(=O)N2CCCC[C@H]2C(=O)NC2(C(N)=O)CCCC2)C2CCCCC2)cc(OC)c1OC. The summed E-state index contributed by atoms with van der Waals surface area (Å²) in [6.45, 7) is 0.508. The highest BCUT2D eigenvalue weighted by atomic mass is 16.5. The molecule has 0 bridgehead atoms. The summed E-state index contributed by atoms with van der Waals surface area (Å²) in [5.74, 6) is 0.398. The van der Waals surface area contributed by atoms with E-state index >= 15 is 0 Å². The molecule has 2 atom stereocenters. The second-order valence-electron chi connectivity index (χ2n) is 11.0. The minimum atomic E-state index is -1.01. The molecule has 1 unspecified atom stereocenters. The number of nitrogens with zero attached hydrogens (tertiary/aromatic N) is 1. The van der Waals surface area contributed by atoms with Crippen molar-refractivity contribution in [3.05, 3.63) is 17.7 Å². The zero-order valence-corrected chi connectivity index (χ0v) is 23.1. The largest absolute Gasteiger partial charge is 0.493 e. The molecule has 0 spiro atoms. The molecule has 3 amide bonds. The topological polar surface area (TPSA) is 120 Å². The smallest absolute Gasteiger partial charge is 0.243 e. The third kappa shape index (κ3) is 5.57. The van der Waals surface area contributed by atoms with E-state index < -0.39 is 23.4 Å². The molecule has 1 aromatic carbocycles. The first-order valence-corrected chi connectivity index (χ1v) is 14.1. The highest BCUT2D eigenvalue weighted by molar-refractivity contribution is 5.95. The number of methoxy groups -OCH3 is 3. The summed E-state index contributed by atoms with van der Waals surface area (Å²) in [6.07, 6.45) is 10.3. The van der Waals surface area contributed by atoms with Crippen molar-refractivity contribution in [3.63, 3.8) is 0 Å². The van der Waals surface area contributed by atoms with Crippen molar-refractivity contribution in [1.29, 1.82) is 0 Å². The van der Waals surface area contributed by atoms with Crippen LogP contribution in [0.4, 0.5) is 0 Å². The van der Waals surface area contributed by atoms with E-state index in [-0.39, 0.29) is 17.7 Å². The van der Waals surface area contributed by atoms with Crippen molar-refractivity contribution in [2.75, 3.05) is 27.9 Å². The number of hydrogen-bond acceptors (Lipinski definition) is 6. The van der Waals surface area contributed by atoms with Crippen LogP contribution in [0.15, 0.2) is 12.1 Å². The Morgan fingerprint density at radius 2 is 1.50 bits per heavy atom. The minimum absolute atomic E-state index is 0.0504. The van der Waals surface area contributed by atoms with Crippen LogP contribution in [0.1, 0.15) is 88.5 Å². The van der Waals surface area contributed by atoms with Gasteiger partial charge in [0.2, 0.25) is 23.5 Å². The Balaban J connectivity index is 1.68. The number of carbonyl (C=O) groups is 3. The number of rotatable bonds is 9. The molecule has 1 heterocycles. The number of hydrogen-bond donors (Lipinski definition) is 2. The second-order valence-corrected chi connectivity index (χ2v) is 11.0. The third-order valence-corrected chi connectivity index (χ3v) is 8.81. The summed E-state index contributed by atoms with van der Waals surface area (Å²) in [6, 6.07) is 3.12. The maximum Gasteiger partial charge on any atom is 0.243 e. The summed E-state index contributed by atoms with van der Waals surface area (Å²) in [5, 5.41) is 2.99. The fourth-order valence-electron chi connectivity index (χ4n) is 6.74. The molecule has 1 saturated heterocycles. The van der Waals surface area contributed by atoms with Gasteiger partial charge in [-0.3, -0.25) is 14.4 Å². The lowest BCUT2D eigenvalue weighted by molar-refractivity contribution is -0.146. The van der Waals surface area contributed by atoms with Gasteiger partial charge in [0.1, 0.15) is 11.6 Å². The maximum atomic E-state index is 14.5. The van der Waals surface area contributed by atoms with Crippen LogP contribution in [0.25, 0.3) is 0 Å². The van der Waals surface area contributed by atoms with Crippen LogP contribution in [0.5, 0.6) is 17.2 Å². The molecule has 1 aliphatic heterocycles. The molecule has 3 aliphatic rings. The van der Waals surface area contributed by atoms with Gasteiger partial charge in [0.15, 0.2) is 11.5 Å². The first kappa shape index (κ1) is 28.0. The Bertz CT molecular complexity index is 991. The van der Waals surface area contributed by atoms with Crippen LogP contribution < -0.4 is 25.3 Å². The van der Waals surface area contributed by atoms with Gasteiger partial charge in [-0.2, -0.15) is 0 Å². The molecule has 0 radical (unpaired) electrons. The van der Waals surface area contributed by atoms with Crippen molar-refractivity contribution < 1.29 is 28.6 Å². The minimum Gasteiger partial charge on any atom is -0.493 e. The predicted molar refractivity (Wildman–Crippen MR) is 143 cm³/mol. The van der Waals surface area contributed by atoms with Gasteiger partial charge in [-0.1, -0.05) is 32.1 Å². The van der Waals surface area contributed by atoms with Crippen molar-refractivity contribution in [2.24, 2.45) is 11.7 Å². The predicted octanol–water partition coefficient (Wildman–Crippen LogP) is 3.67. The number of carbonyl (C=O) groups excluding carboxylic acids is 3. The maximum absolute atomic E-state index is 14.5. The quantitative estimate of drug-likeness (QED) is 0.504. The molecule has 9 heteroatoms. The molecule has 38 heavy (non-hydrogen) atoms. The van der Waals surface area contributed by atoms with Gasteiger partial charge in [0.25, 0.3) is 0 Å². The zero-order valence-electron chi connectivity index (χ0n) is 23.1. The van der Waals surface area contributed by atoms with Crippen LogP contribution >= 0.6 is 0 Å².